The van der Waals surface area contributed by atoms with Crippen LogP contribution in [0.15, 0.2) is 79.1 Å². The molecule has 0 saturated heterocycles. The quantitative estimate of drug-likeness (QED) is 0.701. The van der Waals surface area contributed by atoms with Crippen molar-refractivity contribution >= 4 is 0 Å². The Balaban J connectivity index is 1.75. The normalized spacial score (nSPS) is 11.9. The molecule has 0 amide bonds. The number of rotatable bonds is 7. The van der Waals surface area contributed by atoms with E-state index in [1.807, 2.05) is 55.1 Å². The number of pyridine rings is 1. The van der Waals surface area contributed by atoms with Crippen LogP contribution in [-0.4, -0.2) is 11.5 Å². The smallest absolute Gasteiger partial charge is 0.126 e. The molecule has 2 aromatic carbocycles. The molecule has 0 spiro atoms. The van der Waals surface area contributed by atoms with Gasteiger partial charge in [-0.1, -0.05) is 48.5 Å². The minimum absolute atomic E-state index is 0.0789. The first kappa shape index (κ1) is 16.2. The number of benzene rings is 2. The second-order valence-corrected chi connectivity index (χ2v) is 5.54. The van der Waals surface area contributed by atoms with Crippen LogP contribution < -0.4 is 10.5 Å². The Labute approximate surface area is 143 Å². The van der Waals surface area contributed by atoms with E-state index in [2.05, 4.69) is 29.2 Å². The fourth-order valence-electron chi connectivity index (χ4n) is 2.59. The number of hydrogen-bond acceptors (Lipinski definition) is 3. The van der Waals surface area contributed by atoms with Gasteiger partial charge in [-0.05, 0) is 48.7 Å². The van der Waals surface area contributed by atoms with E-state index in [-0.39, 0.29) is 6.10 Å². The lowest BCUT2D eigenvalue weighted by Gasteiger charge is -2.19. The molecule has 0 aliphatic rings. The number of ether oxygens (including phenoxy) is 1. The van der Waals surface area contributed by atoms with Gasteiger partial charge >= 0.3 is 0 Å². The lowest BCUT2D eigenvalue weighted by molar-refractivity contribution is 0.204. The molecule has 2 N–H and O–H groups in total. The summed E-state index contributed by atoms with van der Waals surface area (Å²) in [6, 6.07) is 22.4. The van der Waals surface area contributed by atoms with E-state index in [0.29, 0.717) is 6.54 Å². The molecular formula is C21H21N2O. The van der Waals surface area contributed by atoms with Crippen molar-refractivity contribution in [1.29, 1.82) is 0 Å². The molecule has 0 aliphatic carbocycles. The van der Waals surface area contributed by atoms with Crippen LogP contribution in [0.2, 0.25) is 0 Å². The van der Waals surface area contributed by atoms with Crippen molar-refractivity contribution in [3.05, 3.63) is 91.1 Å². The Bertz CT molecular complexity index is 727. The Hall–Kier alpha value is -2.65. The van der Waals surface area contributed by atoms with Crippen molar-refractivity contribution in [3.63, 3.8) is 0 Å². The van der Waals surface area contributed by atoms with Gasteiger partial charge in [-0.15, -0.1) is 0 Å². The number of nitrogens with two attached hydrogens (primary N) is 1. The number of aromatic nitrogens is 1. The van der Waals surface area contributed by atoms with Gasteiger partial charge in [0.2, 0.25) is 0 Å². The van der Waals surface area contributed by atoms with Gasteiger partial charge in [-0.3, -0.25) is 4.98 Å². The summed E-state index contributed by atoms with van der Waals surface area (Å²) >= 11 is 0. The van der Waals surface area contributed by atoms with E-state index in [9.17, 15) is 0 Å². The van der Waals surface area contributed by atoms with Gasteiger partial charge in [0.1, 0.15) is 11.9 Å². The Morgan fingerprint density at radius 3 is 2.33 bits per heavy atom. The van der Waals surface area contributed by atoms with E-state index < -0.39 is 0 Å². The molecule has 1 aromatic heterocycles. The lowest BCUT2D eigenvalue weighted by Crippen LogP contribution is -2.11. The highest BCUT2D eigenvalue weighted by molar-refractivity contribution is 5.63. The topological polar surface area (TPSA) is 48.1 Å². The van der Waals surface area contributed by atoms with E-state index in [0.717, 1.165) is 17.7 Å². The fourth-order valence-corrected chi connectivity index (χ4v) is 2.59. The Kier molecular flexibility index (Phi) is 5.59. The first-order valence-corrected chi connectivity index (χ1v) is 8.10. The largest absolute Gasteiger partial charge is 0.486 e. The third kappa shape index (κ3) is 4.21. The summed E-state index contributed by atoms with van der Waals surface area (Å²) < 4.78 is 6.17. The predicted octanol–water partition coefficient (Wildman–Crippen LogP) is 4.42. The monoisotopic (exact) mass is 317 g/mol. The molecule has 3 rings (SSSR count). The molecule has 121 valence electrons. The second-order valence-electron chi connectivity index (χ2n) is 5.54. The molecule has 1 heterocycles. The first-order chi connectivity index (χ1) is 11.9. The average molecular weight is 317 g/mol. The van der Waals surface area contributed by atoms with Gasteiger partial charge in [0.15, 0.2) is 0 Å². The molecule has 1 unspecified atom stereocenters. The SMILES string of the molecule is NC[CH]CC(Oc1ccc(-c2ccccc2)cc1)c1cccnc1. The zero-order chi connectivity index (χ0) is 16.6. The van der Waals surface area contributed by atoms with Crippen LogP contribution in [0.25, 0.3) is 11.1 Å². The summed E-state index contributed by atoms with van der Waals surface area (Å²) in [5.41, 5.74) is 9.03. The van der Waals surface area contributed by atoms with Gasteiger partial charge in [0.05, 0.1) is 0 Å². The lowest BCUT2D eigenvalue weighted by atomic mass is 10.1. The maximum atomic E-state index is 6.17. The highest BCUT2D eigenvalue weighted by Gasteiger charge is 2.13. The third-order valence-electron chi connectivity index (χ3n) is 3.84. The molecule has 0 fully saturated rings. The molecule has 1 radical (unpaired) electrons. The van der Waals surface area contributed by atoms with Crippen molar-refractivity contribution in [2.75, 3.05) is 6.54 Å². The molecule has 1 atom stereocenters. The standard InChI is InChI=1S/C21H21N2O/c22-14-4-9-21(19-8-5-15-23-16-19)24-20-12-10-18(11-13-20)17-6-2-1-3-7-17/h1-8,10-13,15-16,21H,9,14,22H2. The van der Waals surface area contributed by atoms with Crippen molar-refractivity contribution in [1.82, 2.24) is 4.98 Å². The molecule has 0 aliphatic heterocycles. The van der Waals surface area contributed by atoms with Gasteiger partial charge in [-0.2, -0.15) is 0 Å². The fraction of sp³-hybridized carbons (Fsp3) is 0.143. The second kappa shape index (κ2) is 8.27. The first-order valence-electron chi connectivity index (χ1n) is 8.10. The van der Waals surface area contributed by atoms with Crippen LogP contribution in [0, 0.1) is 6.42 Å². The summed E-state index contributed by atoms with van der Waals surface area (Å²) in [7, 11) is 0. The maximum Gasteiger partial charge on any atom is 0.126 e. The minimum atomic E-state index is -0.0789. The Morgan fingerprint density at radius 2 is 1.67 bits per heavy atom. The van der Waals surface area contributed by atoms with E-state index >= 15 is 0 Å². The molecule has 0 bridgehead atoms. The molecule has 3 aromatic rings. The van der Waals surface area contributed by atoms with E-state index in [4.69, 9.17) is 10.5 Å². The average Bonchev–Trinajstić information content (AvgIpc) is 2.67. The van der Waals surface area contributed by atoms with Crippen LogP contribution in [0.4, 0.5) is 0 Å². The highest BCUT2D eigenvalue weighted by atomic mass is 16.5. The zero-order valence-electron chi connectivity index (χ0n) is 13.5. The van der Waals surface area contributed by atoms with Crippen molar-refractivity contribution in [2.45, 2.75) is 12.5 Å². The Morgan fingerprint density at radius 1 is 0.917 bits per heavy atom. The van der Waals surface area contributed by atoms with Gasteiger partial charge in [0.25, 0.3) is 0 Å². The predicted molar refractivity (Wildman–Crippen MR) is 97.5 cm³/mol. The van der Waals surface area contributed by atoms with E-state index in [1.165, 1.54) is 11.1 Å². The van der Waals surface area contributed by atoms with E-state index in [1.54, 1.807) is 6.20 Å². The summed E-state index contributed by atoms with van der Waals surface area (Å²) in [5, 5.41) is 0. The summed E-state index contributed by atoms with van der Waals surface area (Å²) in [6.07, 6.45) is 6.30. The molecule has 24 heavy (non-hydrogen) atoms. The number of nitrogens with zero attached hydrogens (tertiary/aromatic N) is 1. The third-order valence-corrected chi connectivity index (χ3v) is 3.84. The van der Waals surface area contributed by atoms with Crippen LogP contribution in [-0.2, 0) is 0 Å². The minimum Gasteiger partial charge on any atom is -0.486 e. The van der Waals surface area contributed by atoms with Crippen molar-refractivity contribution < 1.29 is 4.74 Å². The molecule has 3 heteroatoms. The molecular weight excluding hydrogens is 296 g/mol. The zero-order valence-corrected chi connectivity index (χ0v) is 13.5. The summed E-state index contributed by atoms with van der Waals surface area (Å²) in [6.45, 7) is 0.535. The maximum absolute atomic E-state index is 6.17. The highest BCUT2D eigenvalue weighted by Crippen LogP contribution is 2.27. The van der Waals surface area contributed by atoms with Crippen LogP contribution in [0.5, 0.6) is 5.75 Å². The van der Waals surface area contributed by atoms with Crippen LogP contribution in [0.1, 0.15) is 18.1 Å². The van der Waals surface area contributed by atoms with Crippen molar-refractivity contribution in [2.24, 2.45) is 5.73 Å². The molecule has 3 nitrogen and oxygen atoms in total. The summed E-state index contributed by atoms with van der Waals surface area (Å²) in [4.78, 5) is 4.18. The van der Waals surface area contributed by atoms with Crippen molar-refractivity contribution in [3.8, 4) is 16.9 Å². The molecule has 0 saturated carbocycles. The van der Waals surface area contributed by atoms with Gasteiger partial charge < -0.3 is 10.5 Å². The van der Waals surface area contributed by atoms with Gasteiger partial charge in [-0.25, -0.2) is 0 Å². The van der Waals surface area contributed by atoms with Crippen LogP contribution >= 0.6 is 0 Å². The van der Waals surface area contributed by atoms with Crippen LogP contribution in [0.3, 0.4) is 0 Å². The number of hydrogen-bond donors (Lipinski definition) is 1. The van der Waals surface area contributed by atoms with Gasteiger partial charge in [0, 0.05) is 18.0 Å². The summed E-state index contributed by atoms with van der Waals surface area (Å²) in [5.74, 6) is 0.842.